The summed E-state index contributed by atoms with van der Waals surface area (Å²) in [4.78, 5) is 19.2. The average Bonchev–Trinajstić information content (AvgIpc) is 3.19. The molecule has 176 valence electrons. The Bertz CT molecular complexity index is 904. The summed E-state index contributed by atoms with van der Waals surface area (Å²) in [5.41, 5.74) is 1.74. The monoisotopic (exact) mass is 449 g/mol. The second-order valence-corrected chi connectivity index (χ2v) is 9.56. The van der Waals surface area contributed by atoms with Crippen molar-refractivity contribution in [2.24, 2.45) is 0 Å². The van der Waals surface area contributed by atoms with Crippen LogP contribution in [-0.4, -0.2) is 62.5 Å². The minimum Gasteiger partial charge on any atom is -0.494 e. The molecule has 1 amide bonds. The maximum Gasteiger partial charge on any atom is 0.415 e. The highest BCUT2D eigenvalue weighted by atomic mass is 16.6. The van der Waals surface area contributed by atoms with Gasteiger partial charge in [0.05, 0.1) is 13.2 Å². The lowest BCUT2D eigenvalue weighted by molar-refractivity contribution is 0.0367. The molecule has 5 rings (SSSR count). The number of carbonyl (C=O) groups is 1. The Hall–Kier alpha value is -2.73. The lowest BCUT2D eigenvalue weighted by atomic mass is 9.91. The Morgan fingerprint density at radius 2 is 1.58 bits per heavy atom. The summed E-state index contributed by atoms with van der Waals surface area (Å²) in [6.07, 6.45) is 6.61. The van der Waals surface area contributed by atoms with E-state index in [1.807, 2.05) is 30.3 Å². The van der Waals surface area contributed by atoms with Crippen LogP contribution >= 0.6 is 0 Å². The summed E-state index contributed by atoms with van der Waals surface area (Å²) < 4.78 is 11.9. The number of likely N-dealkylation sites (tertiary alicyclic amines) is 1. The predicted octanol–water partition coefficient (Wildman–Crippen LogP) is 4.94. The molecular formula is C27H35N3O3. The Morgan fingerprint density at radius 3 is 2.30 bits per heavy atom. The zero-order valence-electron chi connectivity index (χ0n) is 19.5. The molecule has 2 aromatic carbocycles. The van der Waals surface area contributed by atoms with E-state index in [2.05, 4.69) is 34.1 Å². The fourth-order valence-corrected chi connectivity index (χ4v) is 5.28. The molecule has 0 aliphatic carbocycles. The van der Waals surface area contributed by atoms with Gasteiger partial charge in [-0.1, -0.05) is 24.6 Å². The van der Waals surface area contributed by atoms with Gasteiger partial charge in [-0.2, -0.15) is 0 Å². The van der Waals surface area contributed by atoms with Gasteiger partial charge in [-0.3, -0.25) is 4.90 Å². The molecule has 3 saturated heterocycles. The zero-order chi connectivity index (χ0) is 22.5. The first-order chi connectivity index (χ1) is 16.2. The SMILES string of the molecule is O=C1OC2(CCN(c3ccc(OCCCN4CCCCC4)cc3)CC2)CN1c1ccccc1. The number of hydrogen-bond acceptors (Lipinski definition) is 5. The van der Waals surface area contributed by atoms with Crippen molar-refractivity contribution < 1.29 is 14.3 Å². The smallest absolute Gasteiger partial charge is 0.415 e. The summed E-state index contributed by atoms with van der Waals surface area (Å²) in [7, 11) is 0. The first-order valence-electron chi connectivity index (χ1n) is 12.5. The van der Waals surface area contributed by atoms with Gasteiger partial charge in [0, 0.05) is 43.9 Å². The van der Waals surface area contributed by atoms with Crippen LogP contribution in [0.25, 0.3) is 0 Å². The van der Waals surface area contributed by atoms with Gasteiger partial charge >= 0.3 is 6.09 Å². The molecule has 3 fully saturated rings. The van der Waals surface area contributed by atoms with Crippen LogP contribution in [0.5, 0.6) is 5.75 Å². The second kappa shape index (κ2) is 10.0. The average molecular weight is 450 g/mol. The summed E-state index contributed by atoms with van der Waals surface area (Å²) in [5, 5.41) is 0. The van der Waals surface area contributed by atoms with E-state index in [1.165, 1.54) is 38.0 Å². The molecule has 0 saturated carbocycles. The van der Waals surface area contributed by atoms with Crippen LogP contribution in [0.4, 0.5) is 16.2 Å². The van der Waals surface area contributed by atoms with Crippen molar-refractivity contribution in [3.05, 3.63) is 54.6 Å². The maximum atomic E-state index is 12.5. The number of amides is 1. The van der Waals surface area contributed by atoms with Gasteiger partial charge in [0.2, 0.25) is 0 Å². The molecule has 0 atom stereocenters. The molecule has 0 aromatic heterocycles. The number of carbonyl (C=O) groups excluding carboxylic acids is 1. The molecule has 6 nitrogen and oxygen atoms in total. The van der Waals surface area contributed by atoms with Crippen molar-refractivity contribution in [3.63, 3.8) is 0 Å². The molecule has 3 aliphatic rings. The number of rotatable bonds is 7. The molecule has 0 unspecified atom stereocenters. The highest BCUT2D eigenvalue weighted by Gasteiger charge is 2.47. The molecule has 0 bridgehead atoms. The van der Waals surface area contributed by atoms with Crippen LogP contribution in [0.1, 0.15) is 38.5 Å². The van der Waals surface area contributed by atoms with E-state index in [0.717, 1.165) is 56.9 Å². The number of para-hydroxylation sites is 1. The van der Waals surface area contributed by atoms with Crippen LogP contribution in [0, 0.1) is 0 Å². The van der Waals surface area contributed by atoms with E-state index in [0.29, 0.717) is 6.54 Å². The zero-order valence-corrected chi connectivity index (χ0v) is 19.5. The molecule has 0 N–H and O–H groups in total. The van der Waals surface area contributed by atoms with E-state index in [-0.39, 0.29) is 11.7 Å². The van der Waals surface area contributed by atoms with Gasteiger partial charge < -0.3 is 19.3 Å². The lowest BCUT2D eigenvalue weighted by Crippen LogP contribution is -2.47. The van der Waals surface area contributed by atoms with Crippen molar-refractivity contribution >= 4 is 17.5 Å². The molecule has 2 aromatic rings. The summed E-state index contributed by atoms with van der Waals surface area (Å²) in [5.74, 6) is 0.939. The van der Waals surface area contributed by atoms with Crippen LogP contribution in [0.3, 0.4) is 0 Å². The standard InChI is InChI=1S/C27H35N3O3/c31-26-30(24-8-3-1-4-9-24)22-27(33-26)14-19-29(20-15-27)23-10-12-25(13-11-23)32-21-7-18-28-16-5-2-6-17-28/h1,3-4,8-13H,2,5-7,14-22H2. The molecule has 1 spiro atoms. The Labute approximate surface area is 197 Å². The van der Waals surface area contributed by atoms with Crippen molar-refractivity contribution in [3.8, 4) is 5.75 Å². The van der Waals surface area contributed by atoms with Crippen LogP contribution in [0.2, 0.25) is 0 Å². The quantitative estimate of drug-likeness (QED) is 0.561. The molecule has 33 heavy (non-hydrogen) atoms. The van der Waals surface area contributed by atoms with Gasteiger partial charge in [0.1, 0.15) is 11.4 Å². The maximum absolute atomic E-state index is 12.5. The van der Waals surface area contributed by atoms with Gasteiger partial charge in [-0.05, 0) is 68.8 Å². The van der Waals surface area contributed by atoms with Crippen molar-refractivity contribution in [1.82, 2.24) is 4.90 Å². The fraction of sp³-hybridized carbons (Fsp3) is 0.519. The summed E-state index contributed by atoms with van der Waals surface area (Å²) in [6, 6.07) is 18.3. The third-order valence-corrected chi connectivity index (χ3v) is 7.25. The lowest BCUT2D eigenvalue weighted by Gasteiger charge is -2.38. The number of benzene rings is 2. The number of hydrogen-bond donors (Lipinski definition) is 0. The van der Waals surface area contributed by atoms with Crippen LogP contribution in [-0.2, 0) is 4.74 Å². The topological polar surface area (TPSA) is 45.2 Å². The van der Waals surface area contributed by atoms with Crippen LogP contribution < -0.4 is 14.5 Å². The Morgan fingerprint density at radius 1 is 0.848 bits per heavy atom. The highest BCUT2D eigenvalue weighted by molar-refractivity contribution is 5.90. The van der Waals surface area contributed by atoms with E-state index in [4.69, 9.17) is 9.47 Å². The number of nitrogens with zero attached hydrogens (tertiary/aromatic N) is 3. The van der Waals surface area contributed by atoms with Gasteiger partial charge in [0.15, 0.2) is 0 Å². The van der Waals surface area contributed by atoms with Crippen LogP contribution in [0.15, 0.2) is 54.6 Å². The first-order valence-corrected chi connectivity index (χ1v) is 12.5. The minimum atomic E-state index is -0.374. The third kappa shape index (κ3) is 5.27. The van der Waals surface area contributed by atoms with Gasteiger partial charge in [-0.15, -0.1) is 0 Å². The van der Waals surface area contributed by atoms with E-state index in [1.54, 1.807) is 4.90 Å². The van der Waals surface area contributed by atoms with E-state index >= 15 is 0 Å². The minimum absolute atomic E-state index is 0.226. The molecule has 3 aliphatic heterocycles. The number of anilines is 2. The van der Waals surface area contributed by atoms with E-state index < -0.39 is 0 Å². The number of ether oxygens (including phenoxy) is 2. The normalized spacial score (nSPS) is 20.8. The van der Waals surface area contributed by atoms with Gasteiger partial charge in [0.25, 0.3) is 0 Å². The highest BCUT2D eigenvalue weighted by Crippen LogP contribution is 2.37. The molecule has 0 radical (unpaired) electrons. The molecule has 3 heterocycles. The summed E-state index contributed by atoms with van der Waals surface area (Å²) in [6.45, 7) is 6.79. The third-order valence-electron chi connectivity index (χ3n) is 7.25. The fourth-order valence-electron chi connectivity index (χ4n) is 5.28. The predicted molar refractivity (Wildman–Crippen MR) is 131 cm³/mol. The summed E-state index contributed by atoms with van der Waals surface area (Å²) >= 11 is 0. The van der Waals surface area contributed by atoms with Crippen molar-refractivity contribution in [2.75, 3.05) is 55.7 Å². The van der Waals surface area contributed by atoms with Crippen molar-refractivity contribution in [2.45, 2.75) is 44.1 Å². The largest absolute Gasteiger partial charge is 0.494 e. The Kier molecular flexibility index (Phi) is 6.72. The van der Waals surface area contributed by atoms with Gasteiger partial charge in [-0.25, -0.2) is 4.79 Å². The molecular weight excluding hydrogens is 414 g/mol. The molecule has 6 heteroatoms. The van der Waals surface area contributed by atoms with Crippen molar-refractivity contribution in [1.29, 1.82) is 0 Å². The Balaban J connectivity index is 1.08. The first kappa shape index (κ1) is 22.1. The second-order valence-electron chi connectivity index (χ2n) is 9.56. The van der Waals surface area contributed by atoms with E-state index in [9.17, 15) is 4.79 Å². The number of piperidine rings is 2.